The first-order chi connectivity index (χ1) is 14.5. The lowest BCUT2D eigenvalue weighted by atomic mass is 9.96. The molecule has 2 fully saturated rings. The van der Waals surface area contributed by atoms with Crippen molar-refractivity contribution in [3.63, 3.8) is 0 Å². The van der Waals surface area contributed by atoms with Gasteiger partial charge < -0.3 is 4.90 Å². The summed E-state index contributed by atoms with van der Waals surface area (Å²) in [6.07, 6.45) is 7.12. The van der Waals surface area contributed by atoms with Gasteiger partial charge in [0.1, 0.15) is 17.3 Å². The van der Waals surface area contributed by atoms with Crippen LogP contribution in [0.15, 0.2) is 42.1 Å². The maximum atomic E-state index is 13.9. The number of piperidine rings is 2. The van der Waals surface area contributed by atoms with Crippen molar-refractivity contribution in [3.05, 3.63) is 70.6 Å². The molecule has 0 radical (unpaired) electrons. The lowest BCUT2D eigenvalue weighted by Crippen LogP contribution is -2.48. The Morgan fingerprint density at radius 2 is 1.80 bits per heavy atom. The van der Waals surface area contributed by atoms with Crippen molar-refractivity contribution in [2.24, 2.45) is 0 Å². The molecule has 3 heterocycles. The van der Waals surface area contributed by atoms with E-state index in [1.807, 2.05) is 24.0 Å². The molecule has 0 saturated carbocycles. The average molecular weight is 411 g/mol. The number of hydrogen-bond donors (Lipinski definition) is 0. The first-order valence-corrected chi connectivity index (χ1v) is 10.6. The molecule has 0 aliphatic carbocycles. The highest BCUT2D eigenvalue weighted by Crippen LogP contribution is 2.26. The molecule has 2 aliphatic rings. The van der Waals surface area contributed by atoms with E-state index < -0.39 is 5.82 Å². The normalized spacial score (nSPS) is 18.5. The molecule has 1 amide bonds. The molecule has 4 rings (SSSR count). The lowest BCUT2D eigenvalue weighted by Gasteiger charge is -2.40. The number of hydrogen-bond acceptors (Lipinski definition) is 3. The van der Waals surface area contributed by atoms with Crippen LogP contribution in [0, 0.1) is 18.6 Å². The van der Waals surface area contributed by atoms with E-state index in [1.54, 1.807) is 12.3 Å². The van der Waals surface area contributed by atoms with Crippen molar-refractivity contribution in [3.8, 4) is 0 Å². The molecule has 158 valence electrons. The smallest absolute Gasteiger partial charge is 0.272 e. The molecule has 0 spiro atoms. The monoisotopic (exact) mass is 411 g/mol. The molecule has 6 heteroatoms. The summed E-state index contributed by atoms with van der Waals surface area (Å²) in [5.41, 5.74) is 3.05. The number of rotatable bonds is 3. The number of benzene rings is 1. The highest BCUT2D eigenvalue weighted by Gasteiger charge is 2.29. The zero-order valence-electron chi connectivity index (χ0n) is 17.3. The minimum absolute atomic E-state index is 0.0122. The number of aromatic nitrogens is 1. The van der Waals surface area contributed by atoms with Crippen molar-refractivity contribution in [2.45, 2.75) is 38.6 Å². The Kier molecular flexibility index (Phi) is 6.23. The molecule has 0 N–H and O–H groups in total. The van der Waals surface area contributed by atoms with Gasteiger partial charge in [0.2, 0.25) is 0 Å². The van der Waals surface area contributed by atoms with Crippen LogP contribution in [0.4, 0.5) is 8.78 Å². The standard InChI is InChI=1S/C24H27F2N3O/c1-17-4-9-27-23(14-17)24(30)29-12-7-21(8-13-29)28-10-5-18(6-11-28)15-19-16-20(25)2-3-22(19)26/h2-4,9,14-16,21H,5-8,10-13H2,1H3. The van der Waals surface area contributed by atoms with Crippen molar-refractivity contribution in [1.29, 1.82) is 0 Å². The van der Waals surface area contributed by atoms with Crippen molar-refractivity contribution in [2.75, 3.05) is 26.2 Å². The van der Waals surface area contributed by atoms with Gasteiger partial charge in [-0.2, -0.15) is 0 Å². The molecular weight excluding hydrogens is 384 g/mol. The number of pyridine rings is 1. The van der Waals surface area contributed by atoms with Gasteiger partial charge in [-0.3, -0.25) is 14.7 Å². The molecule has 4 nitrogen and oxygen atoms in total. The van der Waals surface area contributed by atoms with Gasteiger partial charge in [-0.05, 0) is 68.5 Å². The number of aryl methyl sites for hydroxylation is 1. The molecular formula is C24H27F2N3O. The van der Waals surface area contributed by atoms with Gasteiger partial charge in [0.15, 0.2) is 0 Å². The number of carbonyl (C=O) groups is 1. The number of nitrogens with zero attached hydrogens (tertiary/aromatic N) is 3. The second-order valence-electron chi connectivity index (χ2n) is 8.25. The van der Waals surface area contributed by atoms with Gasteiger partial charge in [-0.25, -0.2) is 8.78 Å². The Labute approximate surface area is 176 Å². The Morgan fingerprint density at radius 1 is 1.07 bits per heavy atom. The predicted octanol–water partition coefficient (Wildman–Crippen LogP) is 4.45. The number of carbonyl (C=O) groups excluding carboxylic acids is 1. The van der Waals surface area contributed by atoms with Crippen molar-refractivity contribution in [1.82, 2.24) is 14.8 Å². The highest BCUT2D eigenvalue weighted by molar-refractivity contribution is 5.92. The molecule has 0 unspecified atom stereocenters. The summed E-state index contributed by atoms with van der Waals surface area (Å²) in [7, 11) is 0. The number of likely N-dealkylation sites (tertiary alicyclic amines) is 2. The Balaban J connectivity index is 1.30. The SMILES string of the molecule is Cc1ccnc(C(=O)N2CCC(N3CCC(=Cc4cc(F)ccc4F)CC3)CC2)c1. The van der Waals surface area contributed by atoms with Crippen LogP contribution in [-0.2, 0) is 0 Å². The van der Waals surface area contributed by atoms with Crippen LogP contribution < -0.4 is 0 Å². The minimum atomic E-state index is -0.414. The Hall–Kier alpha value is -2.60. The highest BCUT2D eigenvalue weighted by atomic mass is 19.1. The fraction of sp³-hybridized carbons (Fsp3) is 0.417. The Morgan fingerprint density at radius 3 is 2.50 bits per heavy atom. The molecule has 0 atom stereocenters. The zero-order valence-corrected chi connectivity index (χ0v) is 17.3. The maximum Gasteiger partial charge on any atom is 0.272 e. The largest absolute Gasteiger partial charge is 0.337 e. The fourth-order valence-electron chi connectivity index (χ4n) is 4.42. The van der Waals surface area contributed by atoms with E-state index in [9.17, 15) is 13.6 Å². The van der Waals surface area contributed by atoms with Crippen LogP contribution in [0.3, 0.4) is 0 Å². The zero-order chi connectivity index (χ0) is 21.1. The summed E-state index contributed by atoms with van der Waals surface area (Å²) in [6.45, 7) is 5.29. The van der Waals surface area contributed by atoms with E-state index >= 15 is 0 Å². The van der Waals surface area contributed by atoms with Crippen LogP contribution in [0.5, 0.6) is 0 Å². The molecule has 1 aromatic heterocycles. The van der Waals surface area contributed by atoms with Gasteiger partial charge in [0.25, 0.3) is 5.91 Å². The second kappa shape index (κ2) is 9.04. The quantitative estimate of drug-likeness (QED) is 0.749. The molecule has 2 saturated heterocycles. The van der Waals surface area contributed by atoms with Crippen LogP contribution in [0.1, 0.15) is 47.3 Å². The first-order valence-electron chi connectivity index (χ1n) is 10.6. The van der Waals surface area contributed by atoms with E-state index in [0.29, 0.717) is 17.3 Å². The van der Waals surface area contributed by atoms with Gasteiger partial charge in [0.05, 0.1) is 0 Å². The van der Waals surface area contributed by atoms with Crippen LogP contribution in [0.25, 0.3) is 6.08 Å². The summed E-state index contributed by atoms with van der Waals surface area (Å²) < 4.78 is 27.3. The average Bonchev–Trinajstić information content (AvgIpc) is 2.76. The number of halogens is 2. The summed E-state index contributed by atoms with van der Waals surface area (Å²) in [6, 6.07) is 7.78. The molecule has 1 aromatic carbocycles. The third-order valence-corrected chi connectivity index (χ3v) is 6.16. The van der Waals surface area contributed by atoms with Gasteiger partial charge in [0, 0.05) is 44.0 Å². The summed E-state index contributed by atoms with van der Waals surface area (Å²) >= 11 is 0. The van der Waals surface area contributed by atoms with E-state index in [2.05, 4.69) is 9.88 Å². The fourth-order valence-corrected chi connectivity index (χ4v) is 4.42. The van der Waals surface area contributed by atoms with Gasteiger partial charge in [-0.15, -0.1) is 0 Å². The van der Waals surface area contributed by atoms with Gasteiger partial charge in [-0.1, -0.05) is 11.6 Å². The molecule has 0 bridgehead atoms. The molecule has 30 heavy (non-hydrogen) atoms. The summed E-state index contributed by atoms with van der Waals surface area (Å²) in [4.78, 5) is 21.3. The van der Waals surface area contributed by atoms with E-state index in [-0.39, 0.29) is 11.7 Å². The van der Waals surface area contributed by atoms with Crippen LogP contribution >= 0.6 is 0 Å². The van der Waals surface area contributed by atoms with Crippen LogP contribution in [-0.4, -0.2) is 52.9 Å². The maximum absolute atomic E-state index is 13.9. The van der Waals surface area contributed by atoms with Gasteiger partial charge >= 0.3 is 0 Å². The molecule has 2 aromatic rings. The van der Waals surface area contributed by atoms with E-state index in [1.165, 1.54) is 12.1 Å². The molecule has 2 aliphatic heterocycles. The summed E-state index contributed by atoms with van der Waals surface area (Å²) in [5, 5.41) is 0. The summed E-state index contributed by atoms with van der Waals surface area (Å²) in [5.74, 6) is -0.785. The van der Waals surface area contributed by atoms with Crippen molar-refractivity contribution < 1.29 is 13.6 Å². The van der Waals surface area contributed by atoms with Crippen molar-refractivity contribution >= 4 is 12.0 Å². The Bertz CT molecular complexity index is 941. The van der Waals surface area contributed by atoms with Crippen LogP contribution in [0.2, 0.25) is 0 Å². The second-order valence-corrected chi connectivity index (χ2v) is 8.25. The van der Waals surface area contributed by atoms with E-state index in [4.69, 9.17) is 0 Å². The lowest BCUT2D eigenvalue weighted by molar-refractivity contribution is 0.0603. The minimum Gasteiger partial charge on any atom is -0.337 e. The predicted molar refractivity (Wildman–Crippen MR) is 113 cm³/mol. The van der Waals surface area contributed by atoms with E-state index in [0.717, 1.165) is 69.1 Å². The third-order valence-electron chi connectivity index (χ3n) is 6.16. The first kappa shape index (κ1) is 20.7. The third kappa shape index (κ3) is 4.75. The number of amides is 1. The topological polar surface area (TPSA) is 36.4 Å².